The molecule has 12 nitrogen and oxygen atoms in total. The average Bonchev–Trinajstić information content (AvgIpc) is 4.00. The number of carboxylic acids is 1. The summed E-state index contributed by atoms with van der Waals surface area (Å²) < 4.78 is 38.4. The molecule has 0 aromatic heterocycles. The molecule has 0 amide bonds. The third-order valence-electron chi connectivity index (χ3n) is 9.52. The number of carboxylic acid groups (broad SMARTS) is 1. The molecule has 0 spiro atoms. The number of nitrogens with two attached hydrogens (primary N) is 1. The van der Waals surface area contributed by atoms with Gasteiger partial charge in [-0.1, -0.05) is 131 Å². The molecule has 346 valence electrons. The van der Waals surface area contributed by atoms with Crippen molar-refractivity contribution in [3.63, 3.8) is 0 Å². The first-order chi connectivity index (χ1) is 29.6. The molecule has 5 atom stereocenters. The van der Waals surface area contributed by atoms with E-state index in [4.69, 9.17) is 29.6 Å². The zero-order chi connectivity index (χ0) is 44.7. The minimum Gasteiger partial charge on any atom is -0.480 e. The van der Waals surface area contributed by atoms with Gasteiger partial charge in [-0.3, -0.25) is 23.4 Å². The highest BCUT2D eigenvalue weighted by atomic mass is 31.2. The molecule has 0 radical (unpaired) electrons. The van der Waals surface area contributed by atoms with Crippen LogP contribution in [0, 0.1) is 0 Å². The Hall–Kier alpha value is -3.38. The summed E-state index contributed by atoms with van der Waals surface area (Å²) in [5.41, 5.74) is 5.33. The number of rotatable bonds is 40. The highest BCUT2D eigenvalue weighted by Crippen LogP contribution is 2.43. The number of phosphoric ester groups is 1. The Kier molecular flexibility index (Phi) is 34.9. The summed E-state index contributed by atoms with van der Waals surface area (Å²) in [5.74, 6) is -2.51. The molecule has 0 aromatic rings. The predicted octanol–water partition coefficient (Wildman–Crippen LogP) is 11.3. The number of epoxide rings is 1. The maximum absolute atomic E-state index is 12.7. The Labute approximate surface area is 367 Å². The van der Waals surface area contributed by atoms with Gasteiger partial charge in [0.25, 0.3) is 0 Å². The molecule has 3 unspecified atom stereocenters. The molecule has 0 aliphatic carbocycles. The van der Waals surface area contributed by atoms with E-state index in [2.05, 4.69) is 97.4 Å². The lowest BCUT2D eigenvalue weighted by Gasteiger charge is -2.20. The number of carbonyl (C=O) groups excluding carboxylic acids is 2. The summed E-state index contributed by atoms with van der Waals surface area (Å²) in [4.78, 5) is 46.1. The van der Waals surface area contributed by atoms with E-state index in [1.807, 2.05) is 6.08 Å². The predicted molar refractivity (Wildman–Crippen MR) is 244 cm³/mol. The summed E-state index contributed by atoms with van der Waals surface area (Å²) in [6.45, 7) is 2.63. The minimum atomic E-state index is -4.75. The lowest BCUT2D eigenvalue weighted by Crippen LogP contribution is -2.34. The lowest BCUT2D eigenvalue weighted by molar-refractivity contribution is -0.161. The Morgan fingerprint density at radius 2 is 1.03 bits per heavy atom. The molecular weight excluding hydrogens is 797 g/mol. The topological polar surface area (TPSA) is 184 Å². The third-order valence-corrected chi connectivity index (χ3v) is 10.5. The van der Waals surface area contributed by atoms with Gasteiger partial charge in [0, 0.05) is 12.8 Å². The first kappa shape index (κ1) is 55.6. The van der Waals surface area contributed by atoms with Crippen molar-refractivity contribution in [2.75, 3.05) is 19.8 Å². The molecule has 1 heterocycles. The standard InChI is InChI=1S/C48H78NO11P/c1-3-5-7-9-11-13-14-15-16-17-18-19-20-21-22-24-26-28-34-38-47(51)59-42(40-57-61(54,55)58-41-43(49)48(52)53)39-56-46(50)37-33-30-29-32-36-45-44(60-45)35-31-27-25-23-12-10-8-6-4-2/h11-13,15-16,18-19,21-23,27,29,31-32,42-45H,3-10,14,17,20,24-26,28,30,33-41,49H2,1-2H3,(H,52,53)(H,54,55)/b13-11-,16-15-,19-18-,22-21-,23-12-,31-27-,32-29-/t42-,43+,44?,45?/m1/s1. The summed E-state index contributed by atoms with van der Waals surface area (Å²) >= 11 is 0. The molecule has 1 rings (SSSR count). The number of unbranched alkanes of at least 4 members (excludes halogenated alkanes) is 10. The van der Waals surface area contributed by atoms with Gasteiger partial charge in [-0.15, -0.1) is 0 Å². The normalized spacial score (nSPS) is 17.8. The zero-order valence-corrected chi connectivity index (χ0v) is 38.1. The fourth-order valence-corrected chi connectivity index (χ4v) is 6.56. The van der Waals surface area contributed by atoms with Gasteiger partial charge in [-0.05, 0) is 96.3 Å². The summed E-state index contributed by atoms with van der Waals surface area (Å²) in [7, 11) is -4.75. The van der Waals surface area contributed by atoms with Crippen LogP contribution in [-0.2, 0) is 42.2 Å². The molecule has 13 heteroatoms. The van der Waals surface area contributed by atoms with Gasteiger partial charge in [-0.25, -0.2) is 4.57 Å². The van der Waals surface area contributed by atoms with E-state index in [0.717, 1.165) is 70.6 Å². The van der Waals surface area contributed by atoms with Gasteiger partial charge in [0.15, 0.2) is 6.10 Å². The molecular formula is C48H78NO11P. The molecule has 0 saturated carbocycles. The number of hydrogen-bond acceptors (Lipinski definition) is 10. The van der Waals surface area contributed by atoms with Crippen molar-refractivity contribution in [1.29, 1.82) is 0 Å². The monoisotopic (exact) mass is 876 g/mol. The number of esters is 2. The van der Waals surface area contributed by atoms with Crippen LogP contribution in [0.25, 0.3) is 0 Å². The zero-order valence-electron chi connectivity index (χ0n) is 37.2. The Bertz CT molecular complexity index is 1420. The van der Waals surface area contributed by atoms with Gasteiger partial charge in [0.2, 0.25) is 0 Å². The number of ether oxygens (including phenoxy) is 3. The van der Waals surface area contributed by atoms with E-state index in [1.165, 1.54) is 38.5 Å². The minimum absolute atomic E-state index is 0.104. The quantitative estimate of drug-likeness (QED) is 0.0174. The highest BCUT2D eigenvalue weighted by Gasteiger charge is 2.36. The van der Waals surface area contributed by atoms with E-state index in [0.29, 0.717) is 19.3 Å². The van der Waals surface area contributed by atoms with Crippen LogP contribution in [0.4, 0.5) is 0 Å². The van der Waals surface area contributed by atoms with Gasteiger partial charge in [-0.2, -0.15) is 0 Å². The molecule has 0 aromatic carbocycles. The largest absolute Gasteiger partial charge is 0.480 e. The van der Waals surface area contributed by atoms with E-state index in [-0.39, 0.29) is 25.0 Å². The van der Waals surface area contributed by atoms with Crippen LogP contribution in [0.3, 0.4) is 0 Å². The van der Waals surface area contributed by atoms with Crippen molar-refractivity contribution < 1.29 is 52.2 Å². The van der Waals surface area contributed by atoms with Crippen LogP contribution in [-0.4, -0.2) is 72.1 Å². The number of phosphoric acid groups is 1. The Balaban J connectivity index is 2.35. The average molecular weight is 876 g/mol. The van der Waals surface area contributed by atoms with E-state index < -0.39 is 57.7 Å². The summed E-state index contributed by atoms with van der Waals surface area (Å²) in [6, 6.07) is -1.54. The summed E-state index contributed by atoms with van der Waals surface area (Å²) in [6.07, 6.45) is 49.6. The van der Waals surface area contributed by atoms with Gasteiger partial charge in [0.05, 0.1) is 25.4 Å². The second-order valence-electron chi connectivity index (χ2n) is 15.2. The van der Waals surface area contributed by atoms with Crippen LogP contribution in [0.2, 0.25) is 0 Å². The maximum Gasteiger partial charge on any atom is 0.472 e. The maximum atomic E-state index is 12.7. The van der Waals surface area contributed by atoms with Crippen molar-refractivity contribution in [2.45, 2.75) is 179 Å². The van der Waals surface area contributed by atoms with Crippen LogP contribution in [0.15, 0.2) is 85.1 Å². The fraction of sp³-hybridized carbons (Fsp3) is 0.646. The van der Waals surface area contributed by atoms with Crippen molar-refractivity contribution in [3.8, 4) is 0 Å². The van der Waals surface area contributed by atoms with E-state index >= 15 is 0 Å². The highest BCUT2D eigenvalue weighted by molar-refractivity contribution is 7.47. The molecule has 1 aliphatic rings. The number of allylic oxidation sites excluding steroid dienone is 12. The van der Waals surface area contributed by atoms with E-state index in [1.54, 1.807) is 0 Å². The SMILES string of the molecule is CCCCC/C=C\C/C=C\C/C=C\C/C=C\CCCCCC(=O)O[C@H](COC(=O)CCC/C=C\CC1OC1C/C=C\C/C=C\CCCCC)COP(=O)(O)OC[C@H](N)C(=O)O. The summed E-state index contributed by atoms with van der Waals surface area (Å²) in [5, 5.41) is 8.90. The van der Waals surface area contributed by atoms with Crippen LogP contribution < -0.4 is 5.73 Å². The van der Waals surface area contributed by atoms with Crippen molar-refractivity contribution in [2.24, 2.45) is 5.73 Å². The Morgan fingerprint density at radius 1 is 0.590 bits per heavy atom. The lowest BCUT2D eigenvalue weighted by atomic mass is 10.1. The van der Waals surface area contributed by atoms with Gasteiger partial charge < -0.3 is 29.9 Å². The van der Waals surface area contributed by atoms with Crippen molar-refractivity contribution >= 4 is 25.7 Å². The third kappa shape index (κ3) is 35.9. The number of aliphatic carboxylic acids is 1. The van der Waals surface area contributed by atoms with E-state index in [9.17, 15) is 23.8 Å². The molecule has 1 aliphatic heterocycles. The number of hydrogen-bond donors (Lipinski definition) is 3. The molecule has 1 fully saturated rings. The van der Waals surface area contributed by atoms with Gasteiger partial charge in [0.1, 0.15) is 12.6 Å². The first-order valence-electron chi connectivity index (χ1n) is 22.7. The van der Waals surface area contributed by atoms with Crippen molar-refractivity contribution in [3.05, 3.63) is 85.1 Å². The second-order valence-corrected chi connectivity index (χ2v) is 16.7. The molecule has 4 N–H and O–H groups in total. The first-order valence-corrected chi connectivity index (χ1v) is 24.2. The second kappa shape index (κ2) is 38.3. The fourth-order valence-electron chi connectivity index (χ4n) is 5.79. The Morgan fingerprint density at radius 3 is 1.57 bits per heavy atom. The van der Waals surface area contributed by atoms with Crippen LogP contribution in [0.5, 0.6) is 0 Å². The smallest absolute Gasteiger partial charge is 0.472 e. The number of carbonyl (C=O) groups is 3. The van der Waals surface area contributed by atoms with Gasteiger partial charge >= 0.3 is 25.7 Å². The van der Waals surface area contributed by atoms with Crippen LogP contribution >= 0.6 is 7.82 Å². The molecule has 0 bridgehead atoms. The van der Waals surface area contributed by atoms with Crippen LogP contribution in [0.1, 0.15) is 155 Å². The van der Waals surface area contributed by atoms with Crippen molar-refractivity contribution in [1.82, 2.24) is 0 Å². The molecule has 1 saturated heterocycles. The molecule has 61 heavy (non-hydrogen) atoms.